The number of nitrogens with one attached hydrogen (secondary N) is 2. The van der Waals surface area contributed by atoms with Gasteiger partial charge in [0.2, 0.25) is 15.9 Å². The van der Waals surface area contributed by atoms with Gasteiger partial charge in [-0.15, -0.1) is 0 Å². The molecule has 0 aromatic heterocycles. The van der Waals surface area contributed by atoms with Crippen molar-refractivity contribution in [2.24, 2.45) is 5.92 Å². The molecule has 0 radical (unpaired) electrons. The third-order valence-electron chi connectivity index (χ3n) is 7.02. The summed E-state index contributed by atoms with van der Waals surface area (Å²) in [7, 11) is -3.76. The topological polar surface area (TPSA) is 75.3 Å². The lowest BCUT2D eigenvalue weighted by Gasteiger charge is -2.45. The number of hydrogen-bond acceptors (Lipinski definition) is 3. The Morgan fingerprint density at radius 3 is 2.03 bits per heavy atom. The second kappa shape index (κ2) is 8.43. The van der Waals surface area contributed by atoms with Gasteiger partial charge in [0, 0.05) is 18.4 Å². The van der Waals surface area contributed by atoms with Gasteiger partial charge in [-0.3, -0.25) is 4.79 Å². The van der Waals surface area contributed by atoms with Crippen LogP contribution in [0.4, 0.5) is 0 Å². The summed E-state index contributed by atoms with van der Waals surface area (Å²) in [6, 6.07) is 22.9. The Bertz CT molecular complexity index is 1250. The maximum atomic E-state index is 12.8. The van der Waals surface area contributed by atoms with Crippen LogP contribution in [0.1, 0.15) is 53.0 Å². The standard InChI is InChI=1S/C27H28N2O3S/c1-17-11-13-20(14-12-17)33(31,32)29-18(2)27(30)28-16-19-15-25-21-7-3-5-9-23(21)26(19)24-10-6-4-8-22(24)25/h3-14,18-19,25-26,29H,15-16H2,1-2H3,(H,28,30)/t18-,19?,25?,26?/m0/s1. The summed E-state index contributed by atoms with van der Waals surface area (Å²) in [5.74, 6) is 0.530. The normalized spacial score (nSPS) is 21.7. The number of rotatable bonds is 6. The average molecular weight is 461 g/mol. The molecule has 2 N–H and O–H groups in total. The van der Waals surface area contributed by atoms with Crippen LogP contribution in [0.2, 0.25) is 0 Å². The number of carbonyl (C=O) groups is 1. The summed E-state index contributed by atoms with van der Waals surface area (Å²) in [6.07, 6.45) is 0.975. The van der Waals surface area contributed by atoms with Gasteiger partial charge in [-0.1, -0.05) is 66.2 Å². The van der Waals surface area contributed by atoms with E-state index in [0.29, 0.717) is 12.5 Å². The van der Waals surface area contributed by atoms with Gasteiger partial charge >= 0.3 is 0 Å². The minimum atomic E-state index is -3.76. The van der Waals surface area contributed by atoms with Crippen LogP contribution in [0.5, 0.6) is 0 Å². The van der Waals surface area contributed by atoms with Crippen LogP contribution in [0.3, 0.4) is 0 Å². The molecule has 0 spiro atoms. The lowest BCUT2D eigenvalue weighted by molar-refractivity contribution is -0.122. The highest BCUT2D eigenvalue weighted by atomic mass is 32.2. The van der Waals surface area contributed by atoms with E-state index < -0.39 is 16.1 Å². The number of amides is 1. The summed E-state index contributed by atoms with van der Waals surface area (Å²) >= 11 is 0. The van der Waals surface area contributed by atoms with Crippen LogP contribution < -0.4 is 10.0 Å². The van der Waals surface area contributed by atoms with Crippen LogP contribution >= 0.6 is 0 Å². The van der Waals surface area contributed by atoms with E-state index >= 15 is 0 Å². The molecule has 0 saturated carbocycles. The van der Waals surface area contributed by atoms with Crippen molar-refractivity contribution in [3.8, 4) is 0 Å². The highest BCUT2D eigenvalue weighted by Crippen LogP contribution is 2.55. The lowest BCUT2D eigenvalue weighted by Crippen LogP contribution is -2.47. The van der Waals surface area contributed by atoms with Crippen molar-refractivity contribution in [1.82, 2.24) is 10.0 Å². The summed E-state index contributed by atoms with van der Waals surface area (Å²) in [6.45, 7) is 3.99. The molecule has 5 nitrogen and oxygen atoms in total. The maximum absolute atomic E-state index is 12.8. The molecular formula is C27H28N2O3S. The molecule has 170 valence electrons. The van der Waals surface area contributed by atoms with Crippen molar-refractivity contribution in [3.05, 3.63) is 101 Å². The van der Waals surface area contributed by atoms with E-state index in [1.54, 1.807) is 31.2 Å². The Morgan fingerprint density at radius 2 is 1.45 bits per heavy atom. The molecule has 6 heteroatoms. The van der Waals surface area contributed by atoms with Gasteiger partial charge in [0.25, 0.3) is 0 Å². The fourth-order valence-corrected chi connectivity index (χ4v) is 6.62. The quantitative estimate of drug-likeness (QED) is 0.582. The van der Waals surface area contributed by atoms with E-state index in [1.165, 1.54) is 22.3 Å². The Morgan fingerprint density at radius 1 is 0.909 bits per heavy atom. The van der Waals surface area contributed by atoms with Gasteiger partial charge < -0.3 is 5.32 Å². The molecule has 0 saturated heterocycles. The van der Waals surface area contributed by atoms with E-state index in [1.807, 2.05) is 6.92 Å². The second-order valence-corrected chi connectivity index (χ2v) is 10.9. The van der Waals surface area contributed by atoms with Gasteiger partial charge in [-0.2, -0.15) is 4.72 Å². The van der Waals surface area contributed by atoms with Crippen LogP contribution in [-0.2, 0) is 14.8 Å². The number of carbonyl (C=O) groups excluding carboxylic acids is 1. The summed E-state index contributed by atoms with van der Waals surface area (Å²) in [4.78, 5) is 13.0. The molecule has 2 bridgehead atoms. The zero-order chi connectivity index (χ0) is 23.2. The van der Waals surface area contributed by atoms with E-state index in [2.05, 4.69) is 58.6 Å². The number of sulfonamides is 1. The average Bonchev–Trinajstić information content (AvgIpc) is 2.82. The summed E-state index contributed by atoms with van der Waals surface area (Å²) in [5, 5.41) is 3.02. The number of fused-ring (bicyclic) bond motifs is 1. The number of hydrogen-bond donors (Lipinski definition) is 2. The Hall–Kier alpha value is -2.96. The van der Waals surface area contributed by atoms with Crippen LogP contribution in [0.15, 0.2) is 77.7 Å². The monoisotopic (exact) mass is 460 g/mol. The molecule has 1 unspecified atom stereocenters. The van der Waals surface area contributed by atoms with Gasteiger partial charge in [0.15, 0.2) is 0 Å². The fraction of sp³-hybridized carbons (Fsp3) is 0.296. The summed E-state index contributed by atoms with van der Waals surface area (Å²) in [5.41, 5.74) is 6.45. The van der Waals surface area contributed by atoms with Crippen LogP contribution in [-0.4, -0.2) is 26.9 Å². The molecule has 0 aliphatic heterocycles. The number of benzene rings is 3. The Kier molecular flexibility index (Phi) is 5.59. The molecule has 0 heterocycles. The first-order valence-corrected chi connectivity index (χ1v) is 12.9. The highest BCUT2D eigenvalue weighted by molar-refractivity contribution is 7.89. The molecule has 3 aromatic rings. The van der Waals surface area contributed by atoms with E-state index in [9.17, 15) is 13.2 Å². The van der Waals surface area contributed by atoms with Gasteiger partial charge in [-0.05, 0) is 60.6 Å². The predicted octanol–water partition coefficient (Wildman–Crippen LogP) is 4.08. The third kappa shape index (κ3) is 3.98. The highest BCUT2D eigenvalue weighted by Gasteiger charge is 2.43. The van der Waals surface area contributed by atoms with Gasteiger partial charge in [-0.25, -0.2) is 8.42 Å². The largest absolute Gasteiger partial charge is 0.354 e. The number of aryl methyl sites for hydroxylation is 1. The van der Waals surface area contributed by atoms with E-state index in [4.69, 9.17) is 0 Å². The zero-order valence-electron chi connectivity index (χ0n) is 18.8. The third-order valence-corrected chi connectivity index (χ3v) is 8.57. The van der Waals surface area contributed by atoms with Crippen LogP contribution in [0.25, 0.3) is 0 Å². The zero-order valence-corrected chi connectivity index (χ0v) is 19.6. The van der Waals surface area contributed by atoms with Crippen molar-refractivity contribution in [3.63, 3.8) is 0 Å². The van der Waals surface area contributed by atoms with Crippen molar-refractivity contribution in [2.45, 2.75) is 43.0 Å². The van der Waals surface area contributed by atoms with E-state index in [-0.39, 0.29) is 22.6 Å². The minimum absolute atomic E-state index is 0.158. The van der Waals surface area contributed by atoms with Gasteiger partial charge in [0.05, 0.1) is 10.9 Å². The van der Waals surface area contributed by atoms with Crippen LogP contribution in [0, 0.1) is 12.8 Å². The smallest absolute Gasteiger partial charge is 0.241 e. The minimum Gasteiger partial charge on any atom is -0.354 e. The molecule has 3 aliphatic carbocycles. The molecule has 6 rings (SSSR count). The molecule has 0 fully saturated rings. The van der Waals surface area contributed by atoms with E-state index in [0.717, 1.165) is 12.0 Å². The van der Waals surface area contributed by atoms with Crippen molar-refractivity contribution < 1.29 is 13.2 Å². The molecule has 2 atom stereocenters. The molecule has 33 heavy (non-hydrogen) atoms. The molecule has 1 amide bonds. The first kappa shape index (κ1) is 21.9. The van der Waals surface area contributed by atoms with Crippen molar-refractivity contribution >= 4 is 15.9 Å². The Balaban J connectivity index is 1.29. The first-order valence-electron chi connectivity index (χ1n) is 11.4. The molecule has 3 aliphatic rings. The fourth-order valence-electron chi connectivity index (χ4n) is 5.42. The lowest BCUT2D eigenvalue weighted by atomic mass is 9.59. The van der Waals surface area contributed by atoms with Crippen molar-refractivity contribution in [2.75, 3.05) is 6.54 Å². The van der Waals surface area contributed by atoms with Crippen molar-refractivity contribution in [1.29, 1.82) is 0 Å². The molecular weight excluding hydrogens is 432 g/mol. The summed E-state index contributed by atoms with van der Waals surface area (Å²) < 4.78 is 27.8. The van der Waals surface area contributed by atoms with Gasteiger partial charge in [0.1, 0.15) is 0 Å². The molecule has 3 aromatic carbocycles. The SMILES string of the molecule is Cc1ccc(S(=O)(=O)N[C@@H](C)C(=O)NCC2CC3c4ccccc4C2c2ccccc23)cc1. The predicted molar refractivity (Wildman–Crippen MR) is 129 cm³/mol. The maximum Gasteiger partial charge on any atom is 0.241 e. The second-order valence-electron chi connectivity index (χ2n) is 9.19. The first-order chi connectivity index (χ1) is 15.8. The Labute approximate surface area is 195 Å².